The van der Waals surface area contributed by atoms with E-state index in [1.54, 1.807) is 26.0 Å². The van der Waals surface area contributed by atoms with Gasteiger partial charge in [-0.05, 0) is 237 Å². The Kier molecular flexibility index (Phi) is 17.1. The van der Waals surface area contributed by atoms with Crippen LogP contribution in [0, 0.1) is 35.5 Å². The maximum atomic E-state index is 13.5. The lowest BCUT2D eigenvalue weighted by atomic mass is 9.61. The average Bonchev–Trinajstić information content (AvgIpc) is 1.56. The molecule has 484 valence electrons. The summed E-state index contributed by atoms with van der Waals surface area (Å²) in [5, 5.41) is 8.97. The normalized spacial score (nSPS) is 34.4. The molecule has 20 heteroatoms. The molecular formula is C70H88Cl2N6O10S2. The maximum absolute atomic E-state index is 13.5. The van der Waals surface area contributed by atoms with E-state index in [2.05, 4.69) is 53.8 Å². The first-order valence-corrected chi connectivity index (χ1v) is 37.0. The molecule has 10 aliphatic rings. The topological polar surface area (TPSA) is 195 Å². The minimum Gasteiger partial charge on any atom is -0.490 e. The van der Waals surface area contributed by atoms with E-state index in [9.17, 15) is 26.4 Å². The lowest BCUT2D eigenvalue weighted by Crippen LogP contribution is -2.53. The molecule has 0 unspecified atom stereocenters. The third kappa shape index (κ3) is 11.9. The minimum absolute atomic E-state index is 0.124. The second-order valence-electron chi connectivity index (χ2n) is 28.9. The molecule has 16 nitrogen and oxygen atoms in total. The average molecular weight is 1310 g/mol. The van der Waals surface area contributed by atoms with Gasteiger partial charge in [0.2, 0.25) is 20.0 Å². The molecule has 2 saturated carbocycles. The van der Waals surface area contributed by atoms with Crippen LogP contribution in [0.2, 0.25) is 10.0 Å². The number of nitrogens with zero attached hydrogens (tertiary/aromatic N) is 4. The number of rotatable bonds is 0. The predicted octanol–water partition coefficient (Wildman–Crippen LogP) is 13.3. The fourth-order valence-corrected chi connectivity index (χ4v) is 20.5. The van der Waals surface area contributed by atoms with Gasteiger partial charge in [-0.25, -0.2) is 26.3 Å². The summed E-state index contributed by atoms with van der Waals surface area (Å²) in [6.45, 7) is 15.5. The van der Waals surface area contributed by atoms with Gasteiger partial charge in [0.05, 0.1) is 46.5 Å². The third-order valence-corrected chi connectivity index (χ3v) is 27.4. The van der Waals surface area contributed by atoms with E-state index in [0.29, 0.717) is 48.0 Å². The Labute approximate surface area is 542 Å². The van der Waals surface area contributed by atoms with Crippen LogP contribution in [0.4, 0.5) is 11.4 Å². The van der Waals surface area contributed by atoms with Crippen molar-refractivity contribution < 1.29 is 45.6 Å². The molecule has 0 radical (unpaired) electrons. The van der Waals surface area contributed by atoms with E-state index in [4.69, 9.17) is 42.4 Å². The Morgan fingerprint density at radius 3 is 1.33 bits per heavy atom. The van der Waals surface area contributed by atoms with Crippen LogP contribution in [-0.2, 0) is 53.4 Å². The van der Waals surface area contributed by atoms with Gasteiger partial charge in [0.15, 0.2) is 0 Å². The van der Waals surface area contributed by atoms with Crippen LogP contribution in [0.5, 0.6) is 11.5 Å². The largest absolute Gasteiger partial charge is 0.490 e. The molecule has 6 aliphatic heterocycles. The molecule has 12 atom stereocenters. The Bertz CT molecular complexity index is 3530. The number of aryl methyl sites for hydroxylation is 2. The van der Waals surface area contributed by atoms with Crippen LogP contribution < -0.4 is 28.7 Å². The molecule has 4 aliphatic carbocycles. The second-order valence-corrected chi connectivity index (χ2v) is 33.8. The zero-order chi connectivity index (χ0) is 63.1. The number of anilines is 2. The smallest absolute Gasteiger partial charge is 0.264 e. The highest BCUT2D eigenvalue weighted by atomic mass is 35.5. The zero-order valence-electron chi connectivity index (χ0n) is 53.0. The predicted molar refractivity (Wildman–Crippen MR) is 354 cm³/mol. The summed E-state index contributed by atoms with van der Waals surface area (Å²) in [5.41, 5.74) is 8.28. The fourth-order valence-electron chi connectivity index (χ4n) is 17.5. The summed E-state index contributed by atoms with van der Waals surface area (Å²) < 4.78 is 71.6. The molecule has 90 heavy (non-hydrogen) atoms. The van der Waals surface area contributed by atoms with Crippen molar-refractivity contribution in [3.05, 3.63) is 116 Å². The second kappa shape index (κ2) is 24.4. The van der Waals surface area contributed by atoms with Crippen molar-refractivity contribution in [1.82, 2.24) is 9.44 Å². The number of nitrogens with one attached hydrogen (secondary N) is 2. The van der Waals surface area contributed by atoms with E-state index >= 15 is 0 Å². The Morgan fingerprint density at radius 2 is 0.956 bits per heavy atom. The van der Waals surface area contributed by atoms with Gasteiger partial charge in [-0.1, -0.05) is 59.5 Å². The molecule has 0 aromatic heterocycles. The van der Waals surface area contributed by atoms with Gasteiger partial charge in [-0.3, -0.25) is 9.59 Å². The van der Waals surface area contributed by atoms with E-state index in [1.165, 1.54) is 22.3 Å². The Morgan fingerprint density at radius 1 is 0.533 bits per heavy atom. The van der Waals surface area contributed by atoms with Crippen molar-refractivity contribution in [1.29, 1.82) is 0 Å². The zero-order valence-corrected chi connectivity index (χ0v) is 56.1. The standard InChI is InChI=1S/2C35H44ClN3O5S/c2*1-22-6-4-15-35(18-23(2)37-44-35)30-11-8-27(30)19-39-20-34(14-5-7-25-16-28(36)10-12-29(25)34)21-43-32-13-9-26(17-31(32)39)33(40)38-45(41,42)24(22)3/h2*9-10,12-13,16-17,22,24,27,30H,4-8,11,14-15,18-21H2,1-3H3,(H,38,40)/t22-,24+,27-,30+,34-,35+;22-,24+,27-,30+,34-,35-/m00/s1. The van der Waals surface area contributed by atoms with Gasteiger partial charge < -0.3 is 28.9 Å². The van der Waals surface area contributed by atoms with E-state index < -0.39 is 42.4 Å². The van der Waals surface area contributed by atoms with Crippen molar-refractivity contribution >= 4 is 77.9 Å². The van der Waals surface area contributed by atoms with Crippen LogP contribution in [-0.4, -0.2) is 101 Å². The van der Waals surface area contributed by atoms with Gasteiger partial charge >= 0.3 is 0 Å². The van der Waals surface area contributed by atoms with Gasteiger partial charge in [-0.2, -0.15) is 0 Å². The van der Waals surface area contributed by atoms with Crippen LogP contribution in [0.25, 0.3) is 0 Å². The number of fused-ring (bicyclic) bond motifs is 10. The molecule has 4 spiro atoms. The SMILES string of the molecule is CC1=NO[C@@]2(CCC[C@H](C)[C@@H](C)S(=O)(=O)NC(=O)c3ccc4c(c3)N(C[C@@H]3CC[C@H]32)C[C@@]2(CCCc3cc(Cl)ccc32)CO4)C1.CC1=NO[C@]2(CCC[C@H](C)[C@@H](C)S(=O)(=O)NC(=O)c3ccc4c(c3)N(C[C@@H]3CC[C@H]32)C[C@@]2(CCCc3cc(Cl)ccc32)CO4)C1. The molecule has 2 fully saturated rings. The highest BCUT2D eigenvalue weighted by Crippen LogP contribution is 2.55. The van der Waals surface area contributed by atoms with Gasteiger partial charge in [0.1, 0.15) is 22.7 Å². The van der Waals surface area contributed by atoms with Crippen molar-refractivity contribution in [2.45, 2.75) is 190 Å². The number of amides is 2. The number of benzene rings is 4. The first kappa shape index (κ1) is 63.2. The third-order valence-electron chi connectivity index (χ3n) is 23.1. The molecular weight excluding hydrogens is 1220 g/mol. The Hall–Kier alpha value is -5.56. The van der Waals surface area contributed by atoms with Gasteiger partial charge in [0, 0.05) is 82.9 Å². The van der Waals surface area contributed by atoms with Crippen molar-refractivity contribution in [2.75, 3.05) is 49.2 Å². The number of oxime groups is 2. The van der Waals surface area contributed by atoms with Crippen molar-refractivity contribution in [2.24, 2.45) is 45.8 Å². The molecule has 4 aromatic rings. The highest BCUT2D eigenvalue weighted by molar-refractivity contribution is 7.91. The number of halogens is 2. The van der Waals surface area contributed by atoms with Crippen LogP contribution >= 0.6 is 23.2 Å². The molecule has 4 bridgehead atoms. The number of ether oxygens (including phenoxy) is 2. The molecule has 0 saturated heterocycles. The lowest BCUT2D eigenvalue weighted by molar-refractivity contribution is -0.118. The summed E-state index contributed by atoms with van der Waals surface area (Å²) >= 11 is 12.9. The highest BCUT2D eigenvalue weighted by Gasteiger charge is 2.55. The van der Waals surface area contributed by atoms with E-state index in [0.717, 1.165) is 186 Å². The number of carbonyl (C=O) groups is 2. The Balaban J connectivity index is 0.000000165. The molecule has 2 amide bonds. The van der Waals surface area contributed by atoms with Crippen LogP contribution in [0.3, 0.4) is 0 Å². The van der Waals surface area contributed by atoms with E-state index in [1.807, 2.05) is 64.1 Å². The first-order chi connectivity index (χ1) is 43.0. The quantitative estimate of drug-likeness (QED) is 0.169. The summed E-state index contributed by atoms with van der Waals surface area (Å²) in [4.78, 5) is 44.5. The van der Waals surface area contributed by atoms with Crippen LogP contribution in [0.15, 0.2) is 83.1 Å². The van der Waals surface area contributed by atoms with Crippen LogP contribution in [0.1, 0.15) is 187 Å². The van der Waals surface area contributed by atoms with Gasteiger partial charge in [-0.15, -0.1) is 0 Å². The van der Waals surface area contributed by atoms with E-state index in [-0.39, 0.29) is 33.9 Å². The summed E-state index contributed by atoms with van der Waals surface area (Å²) in [7, 11) is -7.78. The number of hydrogen-bond acceptors (Lipinski definition) is 14. The number of sulfonamides is 2. The molecule has 4 aromatic carbocycles. The molecule has 2 N–H and O–H groups in total. The van der Waals surface area contributed by atoms with Gasteiger partial charge in [0.25, 0.3) is 11.8 Å². The minimum atomic E-state index is -3.89. The summed E-state index contributed by atoms with van der Waals surface area (Å²) in [5.74, 6) is 1.46. The summed E-state index contributed by atoms with van der Waals surface area (Å²) in [6, 6.07) is 23.2. The first-order valence-electron chi connectivity index (χ1n) is 33.1. The molecule has 14 rings (SSSR count). The maximum Gasteiger partial charge on any atom is 0.264 e. The monoisotopic (exact) mass is 1310 g/mol. The number of carbonyl (C=O) groups excluding carboxylic acids is 2. The van der Waals surface area contributed by atoms with Crippen molar-refractivity contribution in [3.63, 3.8) is 0 Å². The summed E-state index contributed by atoms with van der Waals surface area (Å²) in [6.07, 6.45) is 16.8. The fraction of sp³-hybridized carbons (Fsp3) is 0.600. The lowest BCUT2D eigenvalue weighted by Gasteiger charge is -2.49. The van der Waals surface area contributed by atoms with Crippen molar-refractivity contribution in [3.8, 4) is 11.5 Å². The molecule has 6 heterocycles. The number of hydrogen-bond donors (Lipinski definition) is 2.